The van der Waals surface area contributed by atoms with E-state index < -0.39 is 11.7 Å². The summed E-state index contributed by atoms with van der Waals surface area (Å²) in [7, 11) is 0. The zero-order chi connectivity index (χ0) is 21.5. The molecule has 0 spiro atoms. The zero-order valence-electron chi connectivity index (χ0n) is 17.6. The number of rotatable bonds is 9. The van der Waals surface area contributed by atoms with Crippen LogP contribution in [0.25, 0.3) is 5.69 Å². The molecular weight excluding hydrogens is 378 g/mol. The normalized spacial score (nSPS) is 11.8. The van der Waals surface area contributed by atoms with E-state index in [0.717, 1.165) is 11.3 Å². The third-order valence-corrected chi connectivity index (χ3v) is 4.97. The Bertz CT molecular complexity index is 997. The standard InChI is InChI=1S/C24H27N3O3/c1-17-22(18(2)27(26-17)21-13-8-5-9-14-21)23(28)24(29)25-15-10-16-30-19(3)20-11-6-4-7-12-20/h4-9,11-14,19H,10,15-16H2,1-3H3,(H,25,29). The summed E-state index contributed by atoms with van der Waals surface area (Å²) in [6, 6.07) is 19.5. The number of ketones is 1. The van der Waals surface area contributed by atoms with Gasteiger partial charge < -0.3 is 10.1 Å². The number of ether oxygens (including phenoxy) is 1. The Morgan fingerprint density at radius 1 is 1.03 bits per heavy atom. The minimum atomic E-state index is -0.620. The number of amides is 1. The molecular formula is C24H27N3O3. The monoisotopic (exact) mass is 405 g/mol. The summed E-state index contributed by atoms with van der Waals surface area (Å²) < 4.78 is 7.49. The summed E-state index contributed by atoms with van der Waals surface area (Å²) in [5.41, 5.74) is 3.50. The Morgan fingerprint density at radius 3 is 2.33 bits per heavy atom. The summed E-state index contributed by atoms with van der Waals surface area (Å²) in [5.74, 6) is -1.18. The fraction of sp³-hybridized carbons (Fsp3) is 0.292. The van der Waals surface area contributed by atoms with Gasteiger partial charge in [0.15, 0.2) is 0 Å². The van der Waals surface area contributed by atoms with Crippen molar-refractivity contribution in [2.45, 2.75) is 33.3 Å². The molecule has 0 radical (unpaired) electrons. The molecule has 1 atom stereocenters. The van der Waals surface area contributed by atoms with Crippen molar-refractivity contribution in [3.63, 3.8) is 0 Å². The molecule has 0 aliphatic heterocycles. The van der Waals surface area contributed by atoms with Gasteiger partial charge in [0.05, 0.1) is 28.7 Å². The third kappa shape index (κ3) is 5.02. The van der Waals surface area contributed by atoms with Crippen LogP contribution in [-0.2, 0) is 9.53 Å². The lowest BCUT2D eigenvalue weighted by molar-refractivity contribution is -0.117. The van der Waals surface area contributed by atoms with Gasteiger partial charge in [-0.15, -0.1) is 0 Å². The summed E-state index contributed by atoms with van der Waals surface area (Å²) >= 11 is 0. The molecule has 6 nitrogen and oxygen atoms in total. The number of hydrogen-bond acceptors (Lipinski definition) is 4. The summed E-state index contributed by atoms with van der Waals surface area (Å²) in [6.45, 7) is 6.40. The van der Waals surface area contributed by atoms with E-state index in [-0.39, 0.29) is 6.10 Å². The van der Waals surface area contributed by atoms with Crippen molar-refractivity contribution in [3.05, 3.63) is 83.2 Å². The highest BCUT2D eigenvalue weighted by molar-refractivity contribution is 6.43. The minimum Gasteiger partial charge on any atom is -0.374 e. The highest BCUT2D eigenvalue weighted by Gasteiger charge is 2.24. The summed E-state index contributed by atoms with van der Waals surface area (Å²) in [6.07, 6.45) is 0.606. The predicted molar refractivity (Wildman–Crippen MR) is 116 cm³/mol. The maximum atomic E-state index is 12.7. The largest absolute Gasteiger partial charge is 0.374 e. The van der Waals surface area contributed by atoms with E-state index in [4.69, 9.17) is 4.74 Å². The van der Waals surface area contributed by atoms with Gasteiger partial charge in [-0.2, -0.15) is 5.10 Å². The number of aromatic nitrogens is 2. The second-order valence-corrected chi connectivity index (χ2v) is 7.16. The van der Waals surface area contributed by atoms with Crippen LogP contribution in [0, 0.1) is 13.8 Å². The number of carbonyl (C=O) groups is 2. The lowest BCUT2D eigenvalue weighted by Gasteiger charge is -2.13. The molecule has 1 N–H and O–H groups in total. The number of hydrogen-bond donors (Lipinski definition) is 1. The van der Waals surface area contributed by atoms with Crippen LogP contribution in [0.3, 0.4) is 0 Å². The first-order valence-corrected chi connectivity index (χ1v) is 10.1. The fourth-order valence-corrected chi connectivity index (χ4v) is 3.34. The van der Waals surface area contributed by atoms with Crippen LogP contribution in [0.2, 0.25) is 0 Å². The zero-order valence-corrected chi connectivity index (χ0v) is 17.6. The van der Waals surface area contributed by atoms with E-state index in [1.165, 1.54) is 0 Å². The molecule has 0 saturated heterocycles. The van der Waals surface area contributed by atoms with Crippen molar-refractivity contribution in [1.29, 1.82) is 0 Å². The second-order valence-electron chi connectivity index (χ2n) is 7.16. The van der Waals surface area contributed by atoms with Crippen LogP contribution < -0.4 is 5.32 Å². The molecule has 156 valence electrons. The Morgan fingerprint density at radius 2 is 1.67 bits per heavy atom. The van der Waals surface area contributed by atoms with Gasteiger partial charge in [0.1, 0.15) is 0 Å². The van der Waals surface area contributed by atoms with Gasteiger partial charge in [0.25, 0.3) is 11.7 Å². The third-order valence-electron chi connectivity index (χ3n) is 4.97. The molecule has 1 heterocycles. The van der Waals surface area contributed by atoms with Crippen LogP contribution >= 0.6 is 0 Å². The lowest BCUT2D eigenvalue weighted by atomic mass is 10.1. The van der Waals surface area contributed by atoms with E-state index in [2.05, 4.69) is 10.4 Å². The second kappa shape index (κ2) is 9.98. The maximum absolute atomic E-state index is 12.7. The van der Waals surface area contributed by atoms with Gasteiger partial charge in [-0.1, -0.05) is 48.5 Å². The van der Waals surface area contributed by atoms with Crippen molar-refractivity contribution in [1.82, 2.24) is 15.1 Å². The average Bonchev–Trinajstić information content (AvgIpc) is 3.07. The average molecular weight is 405 g/mol. The molecule has 3 rings (SSSR count). The molecule has 6 heteroatoms. The van der Waals surface area contributed by atoms with Gasteiger partial charge in [0.2, 0.25) is 0 Å². The quantitative estimate of drug-likeness (QED) is 0.332. The van der Waals surface area contributed by atoms with Crippen molar-refractivity contribution in [2.75, 3.05) is 13.2 Å². The molecule has 30 heavy (non-hydrogen) atoms. The van der Waals surface area contributed by atoms with Crippen LogP contribution in [0.4, 0.5) is 0 Å². The predicted octanol–water partition coefficient (Wildman–Crippen LogP) is 3.96. The lowest BCUT2D eigenvalue weighted by Crippen LogP contribution is -2.32. The molecule has 0 saturated carbocycles. The van der Waals surface area contributed by atoms with Crippen molar-refractivity contribution in [2.24, 2.45) is 0 Å². The molecule has 0 aliphatic carbocycles. The highest BCUT2D eigenvalue weighted by Crippen LogP contribution is 2.18. The molecule has 2 aromatic carbocycles. The number of para-hydroxylation sites is 1. The number of aryl methyl sites for hydroxylation is 1. The van der Waals surface area contributed by atoms with Crippen molar-refractivity contribution >= 4 is 11.7 Å². The molecule has 1 unspecified atom stereocenters. The number of nitrogens with zero attached hydrogens (tertiary/aromatic N) is 2. The molecule has 1 aromatic heterocycles. The molecule has 0 fully saturated rings. The van der Waals surface area contributed by atoms with E-state index in [1.54, 1.807) is 18.5 Å². The van der Waals surface area contributed by atoms with Gasteiger partial charge in [-0.05, 0) is 44.9 Å². The van der Waals surface area contributed by atoms with Gasteiger partial charge >= 0.3 is 0 Å². The first-order chi connectivity index (χ1) is 14.5. The minimum absolute atomic E-state index is 0.0161. The van der Waals surface area contributed by atoms with Crippen molar-refractivity contribution in [3.8, 4) is 5.69 Å². The number of nitrogens with one attached hydrogen (secondary N) is 1. The number of carbonyl (C=O) groups excluding carboxylic acids is 2. The van der Waals surface area contributed by atoms with Crippen molar-refractivity contribution < 1.29 is 14.3 Å². The first-order valence-electron chi connectivity index (χ1n) is 10.1. The maximum Gasteiger partial charge on any atom is 0.292 e. The summed E-state index contributed by atoms with van der Waals surface area (Å²) in [4.78, 5) is 25.1. The Balaban J connectivity index is 1.52. The first kappa shape index (κ1) is 21.5. The van der Waals surface area contributed by atoms with E-state index >= 15 is 0 Å². The van der Waals surface area contributed by atoms with E-state index in [9.17, 15) is 9.59 Å². The van der Waals surface area contributed by atoms with E-state index in [0.29, 0.717) is 36.5 Å². The number of Topliss-reactive ketones (excluding diaryl/α,β-unsaturated/α-hetero) is 1. The van der Waals surface area contributed by atoms with Crippen LogP contribution in [0.1, 0.15) is 46.8 Å². The Labute approximate surface area is 176 Å². The fourth-order valence-electron chi connectivity index (χ4n) is 3.34. The molecule has 3 aromatic rings. The Hall–Kier alpha value is -3.25. The SMILES string of the molecule is Cc1nn(-c2ccccc2)c(C)c1C(=O)C(=O)NCCCOC(C)c1ccccc1. The molecule has 0 aliphatic rings. The van der Waals surface area contributed by atoms with Gasteiger partial charge in [-0.3, -0.25) is 9.59 Å². The smallest absolute Gasteiger partial charge is 0.292 e. The Kier molecular flexibility index (Phi) is 7.14. The van der Waals surface area contributed by atoms with Gasteiger partial charge in [-0.25, -0.2) is 4.68 Å². The molecule has 0 bridgehead atoms. The highest BCUT2D eigenvalue weighted by atomic mass is 16.5. The topological polar surface area (TPSA) is 73.2 Å². The van der Waals surface area contributed by atoms with Crippen LogP contribution in [-0.4, -0.2) is 34.6 Å². The van der Waals surface area contributed by atoms with Crippen LogP contribution in [0.15, 0.2) is 60.7 Å². The van der Waals surface area contributed by atoms with E-state index in [1.807, 2.05) is 67.6 Å². The number of benzene rings is 2. The van der Waals surface area contributed by atoms with Gasteiger partial charge in [0, 0.05) is 13.2 Å². The van der Waals surface area contributed by atoms with Crippen LogP contribution in [0.5, 0.6) is 0 Å². The summed E-state index contributed by atoms with van der Waals surface area (Å²) in [5, 5.41) is 7.13. The molecule has 1 amide bonds.